The van der Waals surface area contributed by atoms with E-state index in [1.165, 1.54) is 26.2 Å². The van der Waals surface area contributed by atoms with Crippen molar-refractivity contribution in [3.8, 4) is 0 Å². The number of carbonyl (C=O) groups is 2. The first kappa shape index (κ1) is 19.7. The van der Waals surface area contributed by atoms with Crippen molar-refractivity contribution in [3.05, 3.63) is 29.8 Å². The molecule has 2 saturated carbocycles. The summed E-state index contributed by atoms with van der Waals surface area (Å²) in [6.07, 6.45) is 6.07. The Morgan fingerprint density at radius 1 is 1.12 bits per heavy atom. The Labute approximate surface area is 155 Å². The van der Waals surface area contributed by atoms with Gasteiger partial charge in [0.05, 0.1) is 6.42 Å². The van der Waals surface area contributed by atoms with Gasteiger partial charge in [-0.15, -0.1) is 12.4 Å². The molecule has 4 N–H and O–H groups in total. The standard InChI is InChI=1S/C19H27N3O2.ClH/c1-12(23)21-17-7-5-13(6-8-17)9-18(24)22-19-14-3-2-4-15(19)11-16(20)10-14;/h5-8,14-16,19H,2-4,9-11,20H2,1H3,(H,21,23)(H,22,24);1H. The number of anilines is 1. The fraction of sp³-hybridized carbons (Fsp3) is 0.579. The molecule has 2 bridgehead atoms. The third kappa shape index (κ3) is 5.19. The summed E-state index contributed by atoms with van der Waals surface area (Å²) in [7, 11) is 0. The molecule has 2 atom stereocenters. The van der Waals surface area contributed by atoms with Crippen LogP contribution in [0, 0.1) is 11.8 Å². The topological polar surface area (TPSA) is 84.2 Å². The third-order valence-electron chi connectivity index (χ3n) is 5.34. The first-order valence-corrected chi connectivity index (χ1v) is 8.92. The van der Waals surface area contributed by atoms with Crippen molar-refractivity contribution in [2.75, 3.05) is 5.32 Å². The van der Waals surface area contributed by atoms with E-state index in [-0.39, 0.29) is 24.2 Å². The largest absolute Gasteiger partial charge is 0.353 e. The Kier molecular flexibility index (Phi) is 6.85. The van der Waals surface area contributed by atoms with E-state index in [0.717, 1.165) is 24.1 Å². The number of hydrogen-bond donors (Lipinski definition) is 3. The zero-order valence-corrected chi connectivity index (χ0v) is 15.5. The van der Waals surface area contributed by atoms with Gasteiger partial charge in [0.1, 0.15) is 0 Å². The summed E-state index contributed by atoms with van der Waals surface area (Å²) in [4.78, 5) is 23.5. The second-order valence-electron chi connectivity index (χ2n) is 7.33. The Morgan fingerprint density at radius 2 is 1.72 bits per heavy atom. The van der Waals surface area contributed by atoms with Crippen LogP contribution in [-0.2, 0) is 16.0 Å². The first-order chi connectivity index (χ1) is 11.5. The molecule has 0 heterocycles. The lowest BCUT2D eigenvalue weighted by molar-refractivity contribution is -0.122. The molecular weight excluding hydrogens is 338 g/mol. The van der Waals surface area contributed by atoms with Crippen LogP contribution in [0.1, 0.15) is 44.6 Å². The van der Waals surface area contributed by atoms with Gasteiger partial charge in [-0.2, -0.15) is 0 Å². The number of nitrogens with two attached hydrogens (primary N) is 1. The second-order valence-corrected chi connectivity index (χ2v) is 7.33. The number of amides is 2. The molecule has 2 aliphatic carbocycles. The molecule has 0 radical (unpaired) electrons. The summed E-state index contributed by atoms with van der Waals surface area (Å²) in [6.45, 7) is 1.48. The number of hydrogen-bond acceptors (Lipinski definition) is 3. The van der Waals surface area contributed by atoms with Gasteiger partial charge in [0, 0.05) is 24.7 Å². The van der Waals surface area contributed by atoms with E-state index in [9.17, 15) is 9.59 Å². The van der Waals surface area contributed by atoms with Crippen LogP contribution in [0.3, 0.4) is 0 Å². The minimum atomic E-state index is -0.0949. The van der Waals surface area contributed by atoms with Crippen molar-refractivity contribution in [1.82, 2.24) is 5.32 Å². The van der Waals surface area contributed by atoms with Crippen LogP contribution in [0.4, 0.5) is 5.69 Å². The summed E-state index contributed by atoms with van der Waals surface area (Å²) in [6, 6.07) is 8.04. The normalized spacial score (nSPS) is 27.8. The molecule has 5 nitrogen and oxygen atoms in total. The van der Waals surface area contributed by atoms with Gasteiger partial charge in [0.2, 0.25) is 11.8 Å². The van der Waals surface area contributed by atoms with E-state index in [4.69, 9.17) is 5.73 Å². The molecule has 138 valence electrons. The van der Waals surface area contributed by atoms with Crippen LogP contribution in [0.15, 0.2) is 24.3 Å². The summed E-state index contributed by atoms with van der Waals surface area (Å²) in [5, 5.41) is 6.00. The van der Waals surface area contributed by atoms with Crippen molar-refractivity contribution in [3.63, 3.8) is 0 Å². The number of carbonyl (C=O) groups excluding carboxylic acids is 2. The molecule has 0 aliphatic heterocycles. The average Bonchev–Trinajstić information content (AvgIpc) is 2.49. The quantitative estimate of drug-likeness (QED) is 0.766. The highest BCUT2D eigenvalue weighted by atomic mass is 35.5. The van der Waals surface area contributed by atoms with Gasteiger partial charge in [-0.25, -0.2) is 0 Å². The monoisotopic (exact) mass is 365 g/mol. The van der Waals surface area contributed by atoms with Gasteiger partial charge in [-0.1, -0.05) is 18.6 Å². The maximum absolute atomic E-state index is 12.4. The third-order valence-corrected chi connectivity index (χ3v) is 5.34. The predicted molar refractivity (Wildman–Crippen MR) is 102 cm³/mol. The van der Waals surface area contributed by atoms with Crippen molar-refractivity contribution >= 4 is 29.9 Å². The van der Waals surface area contributed by atoms with E-state index in [0.29, 0.717) is 30.3 Å². The molecule has 25 heavy (non-hydrogen) atoms. The summed E-state index contributed by atoms with van der Waals surface area (Å²) in [5.41, 5.74) is 7.86. The Hall–Kier alpha value is -1.59. The maximum atomic E-state index is 12.4. The molecule has 2 aliphatic rings. The lowest BCUT2D eigenvalue weighted by atomic mass is 9.67. The van der Waals surface area contributed by atoms with Gasteiger partial charge < -0.3 is 16.4 Å². The number of rotatable bonds is 4. The zero-order chi connectivity index (χ0) is 17.1. The number of nitrogens with one attached hydrogen (secondary N) is 2. The van der Waals surface area contributed by atoms with Crippen molar-refractivity contribution in [2.24, 2.45) is 17.6 Å². The summed E-state index contributed by atoms with van der Waals surface area (Å²) in [5.74, 6) is 1.07. The minimum Gasteiger partial charge on any atom is -0.353 e. The molecule has 1 aromatic carbocycles. The van der Waals surface area contributed by atoms with E-state index in [1.807, 2.05) is 24.3 Å². The van der Waals surface area contributed by atoms with Gasteiger partial charge in [0.15, 0.2) is 0 Å². The predicted octanol–water partition coefficient (Wildman–Crippen LogP) is 2.63. The molecule has 0 aromatic heterocycles. The number of fused-ring (bicyclic) bond motifs is 2. The lowest BCUT2D eigenvalue weighted by Gasteiger charge is -2.45. The van der Waals surface area contributed by atoms with Crippen LogP contribution >= 0.6 is 12.4 Å². The molecule has 2 amide bonds. The zero-order valence-electron chi connectivity index (χ0n) is 14.7. The van der Waals surface area contributed by atoms with E-state index in [2.05, 4.69) is 10.6 Å². The molecule has 2 fully saturated rings. The highest BCUT2D eigenvalue weighted by Gasteiger charge is 2.39. The van der Waals surface area contributed by atoms with Crippen molar-refractivity contribution < 1.29 is 9.59 Å². The van der Waals surface area contributed by atoms with Gasteiger partial charge in [-0.3, -0.25) is 9.59 Å². The van der Waals surface area contributed by atoms with E-state index in [1.54, 1.807) is 0 Å². The van der Waals surface area contributed by atoms with E-state index < -0.39 is 0 Å². The Morgan fingerprint density at radius 3 is 2.28 bits per heavy atom. The van der Waals surface area contributed by atoms with Gasteiger partial charge >= 0.3 is 0 Å². The van der Waals surface area contributed by atoms with Crippen molar-refractivity contribution in [1.29, 1.82) is 0 Å². The van der Waals surface area contributed by atoms with Crippen molar-refractivity contribution in [2.45, 2.75) is 57.5 Å². The molecule has 6 heteroatoms. The molecule has 2 unspecified atom stereocenters. The fourth-order valence-electron chi connectivity index (χ4n) is 4.36. The average molecular weight is 366 g/mol. The van der Waals surface area contributed by atoms with Gasteiger partial charge in [-0.05, 0) is 55.2 Å². The highest BCUT2D eigenvalue weighted by Crippen LogP contribution is 2.39. The smallest absolute Gasteiger partial charge is 0.224 e. The molecule has 0 spiro atoms. The Balaban J connectivity index is 0.00000225. The molecular formula is C19H28ClN3O2. The molecule has 3 rings (SSSR count). The SMILES string of the molecule is CC(=O)Nc1ccc(CC(=O)NC2C3CCCC2CC(N)C3)cc1.Cl. The maximum Gasteiger partial charge on any atom is 0.224 e. The molecule has 0 saturated heterocycles. The highest BCUT2D eigenvalue weighted by molar-refractivity contribution is 5.88. The molecule has 1 aromatic rings. The summed E-state index contributed by atoms with van der Waals surface area (Å²) >= 11 is 0. The van der Waals surface area contributed by atoms with Gasteiger partial charge in [0.25, 0.3) is 0 Å². The second kappa shape index (κ2) is 8.68. The van der Waals surface area contributed by atoms with Crippen LogP contribution in [0.2, 0.25) is 0 Å². The number of halogens is 1. The first-order valence-electron chi connectivity index (χ1n) is 8.92. The van der Waals surface area contributed by atoms with Crippen LogP contribution in [0.25, 0.3) is 0 Å². The minimum absolute atomic E-state index is 0. The summed E-state index contributed by atoms with van der Waals surface area (Å²) < 4.78 is 0. The lowest BCUT2D eigenvalue weighted by Crippen LogP contribution is -2.54. The van der Waals surface area contributed by atoms with Crippen LogP contribution in [-0.4, -0.2) is 23.9 Å². The van der Waals surface area contributed by atoms with Crippen LogP contribution < -0.4 is 16.4 Å². The van der Waals surface area contributed by atoms with E-state index >= 15 is 0 Å². The Bertz CT molecular complexity index is 591. The fourth-order valence-corrected chi connectivity index (χ4v) is 4.36. The van der Waals surface area contributed by atoms with Crippen LogP contribution in [0.5, 0.6) is 0 Å². The number of benzene rings is 1.